The number of H-pyrrole nitrogens is 1. The summed E-state index contributed by atoms with van der Waals surface area (Å²) in [6.45, 7) is 2.37. The van der Waals surface area contributed by atoms with Gasteiger partial charge in [-0.05, 0) is 30.7 Å². The maximum atomic E-state index is 12.3. The third kappa shape index (κ3) is 9.69. The van der Waals surface area contributed by atoms with E-state index < -0.39 is 24.3 Å². The van der Waals surface area contributed by atoms with Gasteiger partial charge in [0, 0.05) is 25.2 Å². The summed E-state index contributed by atoms with van der Waals surface area (Å²) in [7, 11) is 1.78. The molecule has 0 fully saturated rings. The smallest absolute Gasteiger partial charge is 0.475 e. The van der Waals surface area contributed by atoms with E-state index in [1.807, 2.05) is 31.2 Å². The molecule has 0 atom stereocenters. The van der Waals surface area contributed by atoms with Gasteiger partial charge < -0.3 is 20.1 Å². The van der Waals surface area contributed by atoms with Gasteiger partial charge in [-0.15, -0.1) is 0 Å². The van der Waals surface area contributed by atoms with Crippen molar-refractivity contribution in [2.24, 2.45) is 0 Å². The zero-order valence-electron chi connectivity index (χ0n) is 18.0. The number of nitrogens with one attached hydrogen (secondary N) is 1. The fourth-order valence-corrected chi connectivity index (χ4v) is 2.30. The van der Waals surface area contributed by atoms with Crippen LogP contribution in [-0.4, -0.2) is 67.3 Å². The van der Waals surface area contributed by atoms with Crippen LogP contribution in [0.25, 0.3) is 10.9 Å². The number of aromatic amines is 1. The summed E-state index contributed by atoms with van der Waals surface area (Å²) in [4.78, 5) is 43.0. The molecule has 3 N–H and O–H groups in total. The van der Waals surface area contributed by atoms with Gasteiger partial charge in [-0.2, -0.15) is 26.3 Å². The third-order valence-electron chi connectivity index (χ3n) is 3.85. The van der Waals surface area contributed by atoms with Crippen molar-refractivity contribution in [2.75, 3.05) is 7.05 Å². The van der Waals surface area contributed by atoms with E-state index >= 15 is 0 Å². The number of hydrogen-bond acceptors (Lipinski definition) is 5. The topological polar surface area (TPSA) is 136 Å². The minimum Gasteiger partial charge on any atom is -0.475 e. The number of aliphatic carboxylic acids is 2. The van der Waals surface area contributed by atoms with Crippen LogP contribution >= 0.6 is 0 Å². The van der Waals surface area contributed by atoms with Crippen LogP contribution in [0.2, 0.25) is 0 Å². The van der Waals surface area contributed by atoms with Crippen LogP contribution in [0.3, 0.4) is 0 Å². The molecule has 0 bridgehead atoms. The first-order valence-electron chi connectivity index (χ1n) is 9.23. The lowest BCUT2D eigenvalue weighted by Crippen LogP contribution is -2.26. The molecule has 3 rings (SSSR count). The molecule has 15 heteroatoms. The number of benzene rings is 1. The summed E-state index contributed by atoms with van der Waals surface area (Å²) in [5, 5.41) is 15.3. The number of halogens is 6. The van der Waals surface area contributed by atoms with Crippen LogP contribution in [0.1, 0.15) is 21.9 Å². The molecule has 0 radical (unpaired) electrons. The standard InChI is InChI=1S/C16H16N4O.2C2HF3O2/c1-11-18-9-15(19-11)16(21)20(2)10-12-5-6-14-13(8-12)4-3-7-17-14;2*3-2(4,5)1(6)7/h3-9H,10H2,1-2H3,(H,18,19);2*(H,6,7). The van der Waals surface area contributed by atoms with Gasteiger partial charge in [0.05, 0.1) is 11.7 Å². The molecule has 0 aliphatic carbocycles. The number of aryl methyl sites for hydroxylation is 1. The summed E-state index contributed by atoms with van der Waals surface area (Å²) in [5.74, 6) is -4.84. The Hall–Kier alpha value is -4.17. The number of imidazole rings is 1. The number of carbonyl (C=O) groups is 3. The minimum atomic E-state index is -5.08. The van der Waals surface area contributed by atoms with Crippen molar-refractivity contribution < 1.29 is 50.9 Å². The highest BCUT2D eigenvalue weighted by molar-refractivity contribution is 5.92. The van der Waals surface area contributed by atoms with E-state index in [-0.39, 0.29) is 5.91 Å². The lowest BCUT2D eigenvalue weighted by Gasteiger charge is -2.16. The molecule has 35 heavy (non-hydrogen) atoms. The Balaban J connectivity index is 0.000000362. The van der Waals surface area contributed by atoms with E-state index in [2.05, 4.69) is 21.0 Å². The molecule has 9 nitrogen and oxygen atoms in total. The molecule has 0 saturated carbocycles. The lowest BCUT2D eigenvalue weighted by atomic mass is 10.1. The van der Waals surface area contributed by atoms with Crippen molar-refractivity contribution in [3.8, 4) is 0 Å². The van der Waals surface area contributed by atoms with Crippen molar-refractivity contribution >= 4 is 28.7 Å². The first-order chi connectivity index (χ1) is 16.0. The highest BCUT2D eigenvalue weighted by atomic mass is 19.4. The molecule has 0 aliphatic rings. The number of aromatic nitrogens is 3. The van der Waals surface area contributed by atoms with Crippen molar-refractivity contribution in [2.45, 2.75) is 25.8 Å². The Morgan fingerprint density at radius 3 is 1.97 bits per heavy atom. The lowest BCUT2D eigenvalue weighted by molar-refractivity contribution is -0.193. The molecule has 2 heterocycles. The minimum absolute atomic E-state index is 0.0677. The Morgan fingerprint density at radius 2 is 1.51 bits per heavy atom. The highest BCUT2D eigenvalue weighted by Gasteiger charge is 2.38. The fourth-order valence-electron chi connectivity index (χ4n) is 2.30. The third-order valence-corrected chi connectivity index (χ3v) is 3.85. The molecule has 0 unspecified atom stereocenters. The van der Waals surface area contributed by atoms with Crippen LogP contribution < -0.4 is 0 Å². The number of amides is 1. The normalized spacial score (nSPS) is 11.0. The van der Waals surface area contributed by atoms with Gasteiger partial charge in [-0.3, -0.25) is 9.78 Å². The van der Waals surface area contributed by atoms with Crippen molar-refractivity contribution in [3.63, 3.8) is 0 Å². The van der Waals surface area contributed by atoms with Crippen molar-refractivity contribution in [3.05, 3.63) is 59.8 Å². The average Bonchev–Trinajstić information content (AvgIpc) is 3.19. The number of hydrogen-bond donors (Lipinski definition) is 3. The molecule has 2 aromatic heterocycles. The zero-order chi connectivity index (χ0) is 27.0. The largest absolute Gasteiger partial charge is 0.490 e. The second kappa shape index (κ2) is 11.8. The molecular weight excluding hydrogens is 490 g/mol. The molecule has 0 saturated heterocycles. The average molecular weight is 508 g/mol. The summed E-state index contributed by atoms with van der Waals surface area (Å²) in [6.07, 6.45) is -6.82. The van der Waals surface area contributed by atoms with E-state index in [1.165, 1.54) is 0 Å². The molecule has 0 spiro atoms. The molecule has 1 aromatic carbocycles. The van der Waals surface area contributed by atoms with E-state index in [1.54, 1.807) is 24.3 Å². The van der Waals surface area contributed by atoms with E-state index in [4.69, 9.17) is 19.8 Å². The number of pyridine rings is 1. The SMILES string of the molecule is Cc1ncc(C(=O)N(C)Cc2ccc3ncccc3c2)[nH]1.O=C(O)C(F)(F)F.O=C(O)C(F)(F)F. The Morgan fingerprint density at radius 1 is 0.971 bits per heavy atom. The van der Waals surface area contributed by atoms with Gasteiger partial charge in [0.25, 0.3) is 5.91 Å². The maximum absolute atomic E-state index is 12.3. The number of carboxylic acid groups (broad SMARTS) is 2. The van der Waals surface area contributed by atoms with E-state index in [0.717, 1.165) is 22.3 Å². The maximum Gasteiger partial charge on any atom is 0.490 e. The van der Waals surface area contributed by atoms with Gasteiger partial charge in [0.15, 0.2) is 0 Å². The van der Waals surface area contributed by atoms with Gasteiger partial charge in [-0.1, -0.05) is 12.1 Å². The predicted molar refractivity (Wildman–Crippen MR) is 108 cm³/mol. The number of carboxylic acids is 2. The number of rotatable bonds is 3. The quantitative estimate of drug-likeness (QED) is 0.458. The summed E-state index contributed by atoms with van der Waals surface area (Å²) >= 11 is 0. The van der Waals surface area contributed by atoms with Crippen LogP contribution in [0.4, 0.5) is 26.3 Å². The second-order valence-corrected chi connectivity index (χ2v) is 6.68. The van der Waals surface area contributed by atoms with Crippen LogP contribution in [0, 0.1) is 6.92 Å². The Kier molecular flexibility index (Phi) is 9.73. The van der Waals surface area contributed by atoms with Crippen LogP contribution in [-0.2, 0) is 16.1 Å². The van der Waals surface area contributed by atoms with Gasteiger partial charge in [0.1, 0.15) is 11.5 Å². The first-order valence-corrected chi connectivity index (χ1v) is 9.23. The number of nitrogens with zero attached hydrogens (tertiary/aromatic N) is 3. The van der Waals surface area contributed by atoms with Crippen molar-refractivity contribution in [1.29, 1.82) is 0 Å². The molecule has 190 valence electrons. The van der Waals surface area contributed by atoms with Gasteiger partial charge >= 0.3 is 24.3 Å². The number of fused-ring (bicyclic) bond motifs is 1. The predicted octanol–water partition coefficient (Wildman–Crippen LogP) is 3.81. The monoisotopic (exact) mass is 508 g/mol. The van der Waals surface area contributed by atoms with E-state index in [0.29, 0.717) is 12.2 Å². The summed E-state index contributed by atoms with van der Waals surface area (Å²) in [5.41, 5.74) is 2.54. The Labute approximate surface area is 193 Å². The zero-order valence-corrected chi connectivity index (χ0v) is 18.0. The number of carbonyl (C=O) groups excluding carboxylic acids is 1. The molecular formula is C20H18F6N4O5. The van der Waals surface area contributed by atoms with Gasteiger partial charge in [-0.25, -0.2) is 14.6 Å². The fraction of sp³-hybridized carbons (Fsp3) is 0.250. The van der Waals surface area contributed by atoms with Gasteiger partial charge in [0.2, 0.25) is 0 Å². The highest BCUT2D eigenvalue weighted by Crippen LogP contribution is 2.16. The van der Waals surface area contributed by atoms with E-state index in [9.17, 15) is 31.1 Å². The molecule has 1 amide bonds. The Bertz CT molecular complexity index is 1150. The second-order valence-electron chi connectivity index (χ2n) is 6.68. The van der Waals surface area contributed by atoms with Crippen LogP contribution in [0.15, 0.2) is 42.7 Å². The van der Waals surface area contributed by atoms with Crippen molar-refractivity contribution in [1.82, 2.24) is 19.9 Å². The number of alkyl halides is 6. The molecule has 3 aromatic rings. The summed E-state index contributed by atoms with van der Waals surface area (Å²) < 4.78 is 63.5. The molecule has 0 aliphatic heterocycles. The summed E-state index contributed by atoms with van der Waals surface area (Å²) in [6, 6.07) is 9.96. The first kappa shape index (κ1) is 28.9. The van der Waals surface area contributed by atoms with Crippen LogP contribution in [0.5, 0.6) is 0 Å².